The Balaban J connectivity index is 1.54. The lowest BCUT2D eigenvalue weighted by molar-refractivity contribution is -0.141. The summed E-state index contributed by atoms with van der Waals surface area (Å²) in [6, 6.07) is 4.31. The van der Waals surface area contributed by atoms with Crippen LogP contribution in [0.1, 0.15) is 52.2 Å². The second kappa shape index (κ2) is 6.94. The lowest BCUT2D eigenvalue weighted by atomic mass is 10.0. The van der Waals surface area contributed by atoms with Crippen molar-refractivity contribution in [1.29, 1.82) is 0 Å². The van der Waals surface area contributed by atoms with Crippen LogP contribution in [0.25, 0.3) is 11.4 Å². The minimum atomic E-state index is -4.82. The number of carbonyl (C=O) groups is 1. The average molecular weight is 414 g/mol. The Kier molecular flexibility index (Phi) is 4.55. The van der Waals surface area contributed by atoms with E-state index in [0.717, 1.165) is 5.56 Å². The molecule has 0 aliphatic heterocycles. The third-order valence-corrected chi connectivity index (χ3v) is 4.45. The van der Waals surface area contributed by atoms with Crippen LogP contribution in [0.3, 0.4) is 0 Å². The van der Waals surface area contributed by atoms with Crippen LogP contribution >= 0.6 is 0 Å². The summed E-state index contributed by atoms with van der Waals surface area (Å²) in [5, 5.41) is 6.01. The molecule has 4 rings (SSSR count). The molecule has 0 spiro atoms. The number of fused-ring (bicyclic) bond motifs is 1. The fourth-order valence-corrected chi connectivity index (χ4v) is 3.18. The van der Waals surface area contributed by atoms with Gasteiger partial charge >= 0.3 is 12.6 Å². The standard InChI is InChI=1S/C17H11F5N4O3/c18-13(19)16-25-14(26-29-16)8-1-3-9-7(5-8)2-4-10(9)24-15(27)11-12(17(20,21)22)23-6-28-11/h1,3,5-6,10,13H,2,4H2,(H,24,27)/t10-/m1/s1. The predicted molar refractivity (Wildman–Crippen MR) is 84.7 cm³/mol. The predicted octanol–water partition coefficient (Wildman–Crippen LogP) is 4.10. The number of alkyl halides is 5. The van der Waals surface area contributed by atoms with Crippen molar-refractivity contribution in [2.24, 2.45) is 0 Å². The maximum Gasteiger partial charge on any atom is 0.437 e. The second-order valence-electron chi connectivity index (χ2n) is 6.26. The van der Waals surface area contributed by atoms with Gasteiger partial charge in [-0.05, 0) is 30.0 Å². The maximum atomic E-state index is 12.9. The van der Waals surface area contributed by atoms with Crippen molar-refractivity contribution in [2.45, 2.75) is 31.5 Å². The van der Waals surface area contributed by atoms with E-state index in [9.17, 15) is 26.7 Å². The summed E-state index contributed by atoms with van der Waals surface area (Å²) in [6.07, 6.45) is -6.19. The van der Waals surface area contributed by atoms with E-state index in [0.29, 0.717) is 30.4 Å². The fraction of sp³-hybridized carbons (Fsp3) is 0.294. The van der Waals surface area contributed by atoms with Crippen LogP contribution in [0.5, 0.6) is 0 Å². The van der Waals surface area contributed by atoms with E-state index in [4.69, 9.17) is 0 Å². The number of nitrogens with zero attached hydrogens (tertiary/aromatic N) is 3. The third kappa shape index (κ3) is 3.57. The first kappa shape index (κ1) is 19.0. The molecule has 2 heterocycles. The highest BCUT2D eigenvalue weighted by molar-refractivity contribution is 5.93. The molecule has 0 saturated carbocycles. The van der Waals surface area contributed by atoms with Gasteiger partial charge in [0.2, 0.25) is 11.6 Å². The molecule has 0 radical (unpaired) electrons. The van der Waals surface area contributed by atoms with E-state index < -0.39 is 41.9 Å². The average Bonchev–Trinajstić information content (AvgIpc) is 3.40. The van der Waals surface area contributed by atoms with Crippen LogP contribution in [0.4, 0.5) is 22.0 Å². The molecule has 0 bridgehead atoms. The van der Waals surface area contributed by atoms with Gasteiger partial charge in [0.25, 0.3) is 11.8 Å². The summed E-state index contributed by atoms with van der Waals surface area (Å²) in [6.45, 7) is 0. The van der Waals surface area contributed by atoms with Gasteiger partial charge in [-0.15, -0.1) is 0 Å². The van der Waals surface area contributed by atoms with Crippen molar-refractivity contribution in [3.8, 4) is 11.4 Å². The number of benzene rings is 1. The number of hydrogen-bond donors (Lipinski definition) is 1. The molecule has 12 heteroatoms. The molecule has 2 aromatic heterocycles. The fourth-order valence-electron chi connectivity index (χ4n) is 3.18. The summed E-state index contributed by atoms with van der Waals surface area (Å²) in [5.41, 5.74) is 0.522. The van der Waals surface area contributed by atoms with Crippen molar-refractivity contribution >= 4 is 5.91 Å². The number of hydrogen-bond acceptors (Lipinski definition) is 6. The quantitative estimate of drug-likeness (QED) is 0.646. The first-order valence-corrected chi connectivity index (χ1v) is 8.30. The van der Waals surface area contributed by atoms with E-state index >= 15 is 0 Å². The number of amides is 1. The molecule has 1 aliphatic rings. The molecule has 1 aliphatic carbocycles. The normalized spacial score (nSPS) is 16.3. The zero-order valence-electron chi connectivity index (χ0n) is 14.3. The van der Waals surface area contributed by atoms with Gasteiger partial charge in [-0.3, -0.25) is 4.79 Å². The number of aryl methyl sites for hydroxylation is 1. The monoisotopic (exact) mass is 414 g/mol. The van der Waals surface area contributed by atoms with Crippen molar-refractivity contribution in [1.82, 2.24) is 20.4 Å². The number of nitrogens with one attached hydrogen (secondary N) is 1. The molecule has 7 nitrogen and oxygen atoms in total. The second-order valence-corrected chi connectivity index (χ2v) is 6.26. The van der Waals surface area contributed by atoms with Gasteiger partial charge in [0, 0.05) is 5.56 Å². The van der Waals surface area contributed by atoms with Crippen LogP contribution in [-0.2, 0) is 12.6 Å². The van der Waals surface area contributed by atoms with Crippen molar-refractivity contribution in [3.63, 3.8) is 0 Å². The lowest BCUT2D eigenvalue weighted by Gasteiger charge is -2.14. The molecule has 0 fully saturated rings. The lowest BCUT2D eigenvalue weighted by Crippen LogP contribution is -2.28. The Morgan fingerprint density at radius 3 is 2.76 bits per heavy atom. The van der Waals surface area contributed by atoms with Gasteiger partial charge in [0.05, 0.1) is 6.04 Å². The van der Waals surface area contributed by atoms with Crippen molar-refractivity contribution in [3.05, 3.63) is 53.1 Å². The number of rotatable bonds is 4. The highest BCUT2D eigenvalue weighted by Crippen LogP contribution is 2.35. The number of halogens is 5. The van der Waals surface area contributed by atoms with Gasteiger partial charge in [-0.25, -0.2) is 4.98 Å². The minimum absolute atomic E-state index is 0.00735. The number of aromatic nitrogens is 3. The Morgan fingerprint density at radius 2 is 2.07 bits per heavy atom. The highest BCUT2D eigenvalue weighted by atomic mass is 19.4. The topological polar surface area (TPSA) is 94.1 Å². The van der Waals surface area contributed by atoms with E-state index in [1.165, 1.54) is 0 Å². The first-order valence-electron chi connectivity index (χ1n) is 8.30. The maximum absolute atomic E-state index is 12.9. The molecule has 1 aromatic carbocycles. The molecule has 152 valence electrons. The summed E-state index contributed by atoms with van der Waals surface area (Å²) < 4.78 is 72.9. The van der Waals surface area contributed by atoms with Crippen LogP contribution in [0.2, 0.25) is 0 Å². The smallest absolute Gasteiger partial charge is 0.437 e. The van der Waals surface area contributed by atoms with Gasteiger partial charge in [0.15, 0.2) is 12.1 Å². The molecule has 3 aromatic rings. The molecule has 1 amide bonds. The van der Waals surface area contributed by atoms with Gasteiger partial charge < -0.3 is 14.3 Å². The van der Waals surface area contributed by atoms with E-state index in [2.05, 4.69) is 29.4 Å². The number of oxazole rings is 1. The Bertz CT molecular complexity index is 1060. The molecule has 1 N–H and O–H groups in total. The van der Waals surface area contributed by atoms with Crippen LogP contribution in [-0.4, -0.2) is 21.0 Å². The third-order valence-electron chi connectivity index (χ3n) is 4.45. The zero-order valence-corrected chi connectivity index (χ0v) is 14.3. The van der Waals surface area contributed by atoms with Crippen LogP contribution < -0.4 is 5.32 Å². The molecular weight excluding hydrogens is 403 g/mol. The van der Waals surface area contributed by atoms with E-state index in [1.807, 2.05) is 0 Å². The van der Waals surface area contributed by atoms with Crippen LogP contribution in [0, 0.1) is 0 Å². The minimum Gasteiger partial charge on any atom is -0.438 e. The highest BCUT2D eigenvalue weighted by Gasteiger charge is 2.40. The van der Waals surface area contributed by atoms with Crippen molar-refractivity contribution in [2.75, 3.05) is 0 Å². The summed E-state index contributed by atoms with van der Waals surface area (Å²) in [4.78, 5) is 18.9. The Hall–Kier alpha value is -3.31. The zero-order chi connectivity index (χ0) is 20.8. The van der Waals surface area contributed by atoms with E-state index in [-0.39, 0.29) is 5.82 Å². The van der Waals surface area contributed by atoms with Gasteiger partial charge in [0.1, 0.15) is 0 Å². The molecule has 1 atom stereocenters. The van der Waals surface area contributed by atoms with Gasteiger partial charge in [-0.1, -0.05) is 17.3 Å². The van der Waals surface area contributed by atoms with Gasteiger partial charge in [-0.2, -0.15) is 26.9 Å². The summed E-state index contributed by atoms with van der Waals surface area (Å²) in [5.74, 6) is -2.74. The summed E-state index contributed by atoms with van der Waals surface area (Å²) >= 11 is 0. The molecular formula is C17H11F5N4O3. The van der Waals surface area contributed by atoms with Crippen LogP contribution in [0.15, 0.2) is 33.5 Å². The molecule has 0 unspecified atom stereocenters. The van der Waals surface area contributed by atoms with E-state index in [1.54, 1.807) is 18.2 Å². The Labute approximate surface area is 158 Å². The SMILES string of the molecule is O=C(N[C@@H]1CCc2cc(-c3noc(C(F)F)n3)ccc21)c1ocnc1C(F)(F)F. The molecule has 0 saturated heterocycles. The van der Waals surface area contributed by atoms with Crippen molar-refractivity contribution < 1.29 is 35.7 Å². The first-order chi connectivity index (χ1) is 13.7. The number of carbonyl (C=O) groups excluding carboxylic acids is 1. The Morgan fingerprint density at radius 1 is 1.28 bits per heavy atom. The molecule has 29 heavy (non-hydrogen) atoms. The largest absolute Gasteiger partial charge is 0.438 e. The summed E-state index contributed by atoms with van der Waals surface area (Å²) in [7, 11) is 0.